The van der Waals surface area contributed by atoms with Crippen molar-refractivity contribution in [3.05, 3.63) is 34.7 Å². The Bertz CT molecular complexity index is 537. The summed E-state index contributed by atoms with van der Waals surface area (Å²) in [5, 5.41) is 0. The van der Waals surface area contributed by atoms with Crippen LogP contribution in [0.15, 0.2) is 29.2 Å². The second-order valence-electron chi connectivity index (χ2n) is 4.34. The van der Waals surface area contributed by atoms with E-state index >= 15 is 0 Å². The molecular weight excluding hydrogens is 290 g/mol. The minimum absolute atomic E-state index is 0.00994. The van der Waals surface area contributed by atoms with E-state index in [4.69, 9.17) is 17.0 Å². The molecule has 0 aromatic heterocycles. The summed E-state index contributed by atoms with van der Waals surface area (Å²) in [5.41, 5.74) is 0.977. The molecule has 5 heteroatoms. The predicted octanol–water partition coefficient (Wildman–Crippen LogP) is 3.70. The average Bonchev–Trinajstić information content (AvgIpc) is 2.69. The van der Waals surface area contributed by atoms with Crippen molar-refractivity contribution in [3.8, 4) is 5.75 Å². The zero-order chi connectivity index (χ0) is 14.5. The highest BCUT2D eigenvalue weighted by Crippen LogP contribution is 2.32. The van der Waals surface area contributed by atoms with Crippen molar-refractivity contribution in [1.29, 1.82) is 0 Å². The Morgan fingerprint density at radius 3 is 2.60 bits per heavy atom. The van der Waals surface area contributed by atoms with E-state index in [1.165, 1.54) is 11.8 Å². The highest BCUT2D eigenvalue weighted by Gasteiger charge is 2.30. The first kappa shape index (κ1) is 15.1. The molecular formula is C15H17NO2S2. The SMILES string of the molecule is CCCN1C(=O)C(=Cc2ccc(OCC)cc2)SC1=S. The fourth-order valence-corrected chi connectivity index (χ4v) is 3.20. The molecule has 2 rings (SSSR count). The van der Waals surface area contributed by atoms with Crippen LogP contribution in [-0.4, -0.2) is 28.3 Å². The van der Waals surface area contributed by atoms with E-state index in [1.54, 1.807) is 4.90 Å². The maximum absolute atomic E-state index is 12.2. The number of nitrogens with zero attached hydrogens (tertiary/aromatic N) is 1. The lowest BCUT2D eigenvalue weighted by atomic mass is 10.2. The number of rotatable bonds is 5. The van der Waals surface area contributed by atoms with Crippen molar-refractivity contribution in [2.75, 3.05) is 13.2 Å². The van der Waals surface area contributed by atoms with Gasteiger partial charge in [-0.15, -0.1) is 0 Å². The minimum Gasteiger partial charge on any atom is -0.494 e. The van der Waals surface area contributed by atoms with Crippen LogP contribution in [0.1, 0.15) is 25.8 Å². The number of thioether (sulfide) groups is 1. The van der Waals surface area contributed by atoms with E-state index in [2.05, 4.69) is 0 Å². The van der Waals surface area contributed by atoms with Crippen LogP contribution in [0.3, 0.4) is 0 Å². The molecule has 1 fully saturated rings. The smallest absolute Gasteiger partial charge is 0.266 e. The molecule has 0 unspecified atom stereocenters. The summed E-state index contributed by atoms with van der Waals surface area (Å²) in [6, 6.07) is 7.69. The van der Waals surface area contributed by atoms with Gasteiger partial charge in [0.05, 0.1) is 11.5 Å². The average molecular weight is 307 g/mol. The van der Waals surface area contributed by atoms with E-state index in [9.17, 15) is 4.79 Å². The molecule has 0 radical (unpaired) electrons. The van der Waals surface area contributed by atoms with Gasteiger partial charge in [0.1, 0.15) is 10.1 Å². The van der Waals surface area contributed by atoms with Crippen LogP contribution >= 0.6 is 24.0 Å². The summed E-state index contributed by atoms with van der Waals surface area (Å²) in [6.07, 6.45) is 2.79. The van der Waals surface area contributed by atoms with Gasteiger partial charge < -0.3 is 4.74 Å². The molecule has 1 amide bonds. The van der Waals surface area contributed by atoms with Crippen LogP contribution in [0.4, 0.5) is 0 Å². The largest absolute Gasteiger partial charge is 0.494 e. The van der Waals surface area contributed by atoms with Crippen LogP contribution < -0.4 is 4.74 Å². The molecule has 1 aliphatic heterocycles. The zero-order valence-electron chi connectivity index (χ0n) is 11.6. The van der Waals surface area contributed by atoms with Gasteiger partial charge in [-0.3, -0.25) is 9.69 Å². The number of carbonyl (C=O) groups is 1. The Morgan fingerprint density at radius 1 is 1.30 bits per heavy atom. The third kappa shape index (κ3) is 3.41. The maximum atomic E-state index is 12.2. The number of thiocarbonyl (C=S) groups is 1. The van der Waals surface area contributed by atoms with Gasteiger partial charge in [0.25, 0.3) is 5.91 Å². The van der Waals surface area contributed by atoms with E-state index in [-0.39, 0.29) is 5.91 Å². The molecule has 0 saturated carbocycles. The van der Waals surface area contributed by atoms with Crippen molar-refractivity contribution >= 4 is 40.3 Å². The second-order valence-corrected chi connectivity index (χ2v) is 6.01. The molecule has 1 aliphatic rings. The van der Waals surface area contributed by atoms with E-state index in [0.29, 0.717) is 22.4 Å². The van der Waals surface area contributed by atoms with Crippen LogP contribution in [-0.2, 0) is 4.79 Å². The van der Waals surface area contributed by atoms with Crippen molar-refractivity contribution in [3.63, 3.8) is 0 Å². The second kappa shape index (κ2) is 6.90. The first-order chi connectivity index (χ1) is 9.65. The lowest BCUT2D eigenvalue weighted by molar-refractivity contribution is -0.122. The molecule has 3 nitrogen and oxygen atoms in total. The van der Waals surface area contributed by atoms with Gasteiger partial charge in [0.2, 0.25) is 0 Å². The Morgan fingerprint density at radius 2 is 2.00 bits per heavy atom. The molecule has 0 aliphatic carbocycles. The summed E-state index contributed by atoms with van der Waals surface area (Å²) >= 11 is 6.61. The number of hydrogen-bond donors (Lipinski definition) is 0. The van der Waals surface area contributed by atoms with Gasteiger partial charge in [-0.2, -0.15) is 0 Å². The molecule has 0 bridgehead atoms. The molecule has 1 heterocycles. The topological polar surface area (TPSA) is 29.5 Å². The number of ether oxygens (including phenoxy) is 1. The summed E-state index contributed by atoms with van der Waals surface area (Å²) in [5.74, 6) is 0.846. The Balaban J connectivity index is 2.15. The van der Waals surface area contributed by atoms with Crippen molar-refractivity contribution in [1.82, 2.24) is 4.90 Å². The van der Waals surface area contributed by atoms with Crippen LogP contribution in [0.5, 0.6) is 5.75 Å². The molecule has 106 valence electrons. The van der Waals surface area contributed by atoms with Gasteiger partial charge in [0.15, 0.2) is 0 Å². The number of hydrogen-bond acceptors (Lipinski definition) is 4. The monoisotopic (exact) mass is 307 g/mol. The van der Waals surface area contributed by atoms with Gasteiger partial charge in [-0.25, -0.2) is 0 Å². The summed E-state index contributed by atoms with van der Waals surface area (Å²) in [4.78, 5) is 14.6. The Labute approximate surface area is 129 Å². The standard InChI is InChI=1S/C15H17NO2S2/c1-3-9-16-14(17)13(20-15(16)19)10-11-5-7-12(8-6-11)18-4-2/h5-8,10H,3-4,9H2,1-2H3. The molecule has 1 aromatic rings. The third-order valence-electron chi connectivity index (χ3n) is 2.81. The predicted molar refractivity (Wildman–Crippen MR) is 87.8 cm³/mol. The van der Waals surface area contributed by atoms with E-state index < -0.39 is 0 Å². The number of carbonyl (C=O) groups excluding carboxylic acids is 1. The molecule has 1 saturated heterocycles. The highest BCUT2D eigenvalue weighted by molar-refractivity contribution is 8.26. The molecule has 0 N–H and O–H groups in total. The number of benzene rings is 1. The minimum atomic E-state index is 0.00994. The normalized spacial score (nSPS) is 17.1. The van der Waals surface area contributed by atoms with Crippen molar-refractivity contribution in [2.24, 2.45) is 0 Å². The number of amides is 1. The van der Waals surface area contributed by atoms with Gasteiger partial charge in [-0.1, -0.05) is 43.0 Å². The van der Waals surface area contributed by atoms with Crippen LogP contribution in [0.2, 0.25) is 0 Å². The molecule has 0 spiro atoms. The van der Waals surface area contributed by atoms with E-state index in [1.807, 2.05) is 44.2 Å². The quantitative estimate of drug-likeness (QED) is 0.613. The fraction of sp³-hybridized carbons (Fsp3) is 0.333. The molecule has 20 heavy (non-hydrogen) atoms. The summed E-state index contributed by atoms with van der Waals surface area (Å²) < 4.78 is 6.04. The molecule has 0 atom stereocenters. The van der Waals surface area contributed by atoms with Crippen LogP contribution in [0.25, 0.3) is 6.08 Å². The first-order valence-electron chi connectivity index (χ1n) is 6.64. The fourth-order valence-electron chi connectivity index (χ4n) is 1.89. The lowest BCUT2D eigenvalue weighted by Crippen LogP contribution is -2.28. The lowest BCUT2D eigenvalue weighted by Gasteiger charge is -2.11. The maximum Gasteiger partial charge on any atom is 0.266 e. The third-order valence-corrected chi connectivity index (χ3v) is 4.19. The highest BCUT2D eigenvalue weighted by atomic mass is 32.2. The Kier molecular flexibility index (Phi) is 5.20. The molecule has 1 aromatic carbocycles. The summed E-state index contributed by atoms with van der Waals surface area (Å²) in [6.45, 7) is 5.32. The van der Waals surface area contributed by atoms with Crippen molar-refractivity contribution < 1.29 is 9.53 Å². The zero-order valence-corrected chi connectivity index (χ0v) is 13.2. The first-order valence-corrected chi connectivity index (χ1v) is 7.86. The summed E-state index contributed by atoms with van der Waals surface area (Å²) in [7, 11) is 0. The van der Waals surface area contributed by atoms with Crippen LogP contribution in [0, 0.1) is 0 Å². The van der Waals surface area contributed by atoms with Gasteiger partial charge in [-0.05, 0) is 37.1 Å². The van der Waals surface area contributed by atoms with Gasteiger partial charge >= 0.3 is 0 Å². The van der Waals surface area contributed by atoms with E-state index in [0.717, 1.165) is 17.7 Å². The van der Waals surface area contributed by atoms with Crippen molar-refractivity contribution in [2.45, 2.75) is 20.3 Å². The van der Waals surface area contributed by atoms with Gasteiger partial charge in [0, 0.05) is 6.54 Å². The Hall–Kier alpha value is -1.33.